The molecule has 0 aliphatic heterocycles. The SMILES string of the molecule is CS(=O)(=O)CCS(=O)(=O)NCc1cccc(O)c1. The van der Waals surface area contributed by atoms with Gasteiger partial charge in [-0.05, 0) is 17.7 Å². The standard InChI is InChI=1S/C10H15NO5S2/c1-17(13,14)5-6-18(15,16)11-8-9-3-2-4-10(12)7-9/h2-4,7,11-12H,5-6,8H2,1H3. The second-order valence-corrected chi connectivity index (χ2v) is 8.13. The third-order valence-electron chi connectivity index (χ3n) is 2.13. The molecule has 1 aromatic carbocycles. The monoisotopic (exact) mass is 293 g/mol. The molecule has 0 heterocycles. The van der Waals surface area contributed by atoms with Gasteiger partial charge in [-0.25, -0.2) is 21.6 Å². The molecule has 0 saturated heterocycles. The van der Waals surface area contributed by atoms with Gasteiger partial charge in [-0.15, -0.1) is 0 Å². The summed E-state index contributed by atoms with van der Waals surface area (Å²) in [4.78, 5) is 0. The zero-order chi connectivity index (χ0) is 13.8. The van der Waals surface area contributed by atoms with E-state index in [1.165, 1.54) is 12.1 Å². The van der Waals surface area contributed by atoms with Crippen LogP contribution < -0.4 is 4.72 Å². The normalized spacial score (nSPS) is 12.5. The first-order chi connectivity index (χ1) is 8.18. The number of nitrogens with one attached hydrogen (secondary N) is 1. The third-order valence-corrected chi connectivity index (χ3v) is 4.66. The molecule has 0 atom stereocenters. The Morgan fingerprint density at radius 3 is 2.39 bits per heavy atom. The molecule has 0 unspecified atom stereocenters. The van der Waals surface area contributed by atoms with E-state index in [0.29, 0.717) is 5.56 Å². The Morgan fingerprint density at radius 1 is 1.17 bits per heavy atom. The molecule has 0 aliphatic rings. The number of sulfone groups is 1. The molecule has 1 aromatic rings. The van der Waals surface area contributed by atoms with E-state index in [4.69, 9.17) is 0 Å². The quantitative estimate of drug-likeness (QED) is 0.760. The number of phenolic OH excluding ortho intramolecular Hbond substituents is 1. The Kier molecular flexibility index (Phi) is 4.71. The highest BCUT2D eigenvalue weighted by Crippen LogP contribution is 2.10. The maximum absolute atomic E-state index is 11.5. The van der Waals surface area contributed by atoms with Gasteiger partial charge in [0, 0.05) is 12.8 Å². The van der Waals surface area contributed by atoms with Crippen molar-refractivity contribution in [3.05, 3.63) is 29.8 Å². The van der Waals surface area contributed by atoms with Crippen LogP contribution in [0.25, 0.3) is 0 Å². The molecule has 0 aliphatic carbocycles. The first-order valence-corrected chi connectivity index (χ1v) is 8.82. The van der Waals surface area contributed by atoms with Crippen molar-refractivity contribution in [2.75, 3.05) is 17.8 Å². The fourth-order valence-electron chi connectivity index (χ4n) is 1.19. The Bertz CT molecular complexity index is 607. The maximum Gasteiger partial charge on any atom is 0.212 e. The van der Waals surface area contributed by atoms with Gasteiger partial charge in [0.2, 0.25) is 10.0 Å². The summed E-state index contributed by atoms with van der Waals surface area (Å²) < 4.78 is 47.0. The smallest absolute Gasteiger partial charge is 0.212 e. The van der Waals surface area contributed by atoms with Crippen LogP contribution in [0, 0.1) is 0 Å². The molecule has 8 heteroatoms. The molecule has 0 saturated carbocycles. The van der Waals surface area contributed by atoms with Gasteiger partial charge in [0.25, 0.3) is 0 Å². The minimum absolute atomic E-state index is 0.0144. The van der Waals surface area contributed by atoms with E-state index in [1.54, 1.807) is 12.1 Å². The van der Waals surface area contributed by atoms with Crippen LogP contribution in [0.15, 0.2) is 24.3 Å². The number of hydrogen-bond donors (Lipinski definition) is 2. The van der Waals surface area contributed by atoms with E-state index in [0.717, 1.165) is 6.26 Å². The van der Waals surface area contributed by atoms with Crippen LogP contribution in [0.4, 0.5) is 0 Å². The highest BCUT2D eigenvalue weighted by Gasteiger charge is 2.14. The summed E-state index contributed by atoms with van der Waals surface area (Å²) in [5.74, 6) is -0.838. The molecule has 2 N–H and O–H groups in total. The Morgan fingerprint density at radius 2 is 1.83 bits per heavy atom. The average Bonchev–Trinajstić information content (AvgIpc) is 2.24. The number of rotatable bonds is 6. The fraction of sp³-hybridized carbons (Fsp3) is 0.400. The first kappa shape index (κ1) is 14.9. The van der Waals surface area contributed by atoms with E-state index < -0.39 is 31.4 Å². The van der Waals surface area contributed by atoms with Gasteiger partial charge in [-0.2, -0.15) is 0 Å². The number of hydrogen-bond acceptors (Lipinski definition) is 5. The van der Waals surface area contributed by atoms with Crippen molar-refractivity contribution < 1.29 is 21.9 Å². The summed E-state index contributed by atoms with van der Waals surface area (Å²) in [5.41, 5.74) is 0.595. The molecule has 0 aromatic heterocycles. The van der Waals surface area contributed by atoms with Gasteiger partial charge >= 0.3 is 0 Å². The van der Waals surface area contributed by atoms with Crippen molar-refractivity contribution >= 4 is 19.9 Å². The summed E-state index contributed by atoms with van der Waals surface area (Å²) in [6.45, 7) is 0.0144. The lowest BCUT2D eigenvalue weighted by Gasteiger charge is -2.06. The predicted molar refractivity (Wildman–Crippen MR) is 68.4 cm³/mol. The molecule has 0 radical (unpaired) electrons. The predicted octanol–water partition coefficient (Wildman–Crippen LogP) is -0.144. The largest absolute Gasteiger partial charge is 0.508 e. The van der Waals surface area contributed by atoms with Crippen LogP contribution in [0.2, 0.25) is 0 Å². The van der Waals surface area contributed by atoms with Gasteiger partial charge in [0.05, 0.1) is 11.5 Å². The third kappa shape index (κ3) is 5.99. The highest BCUT2D eigenvalue weighted by molar-refractivity contribution is 7.93. The van der Waals surface area contributed by atoms with Crippen molar-refractivity contribution in [1.29, 1.82) is 0 Å². The summed E-state index contributed by atoms with van der Waals surface area (Å²) in [5, 5.41) is 9.20. The van der Waals surface area contributed by atoms with Crippen LogP contribution in [0.5, 0.6) is 5.75 Å². The maximum atomic E-state index is 11.5. The molecular formula is C10H15NO5S2. The van der Waals surface area contributed by atoms with E-state index in [-0.39, 0.29) is 12.3 Å². The Balaban J connectivity index is 2.57. The molecule has 102 valence electrons. The second kappa shape index (κ2) is 5.68. The molecule has 0 bridgehead atoms. The lowest BCUT2D eigenvalue weighted by Crippen LogP contribution is -2.29. The minimum atomic E-state index is -3.64. The molecule has 0 fully saturated rings. The van der Waals surface area contributed by atoms with Crippen molar-refractivity contribution in [2.24, 2.45) is 0 Å². The van der Waals surface area contributed by atoms with Crippen molar-refractivity contribution in [2.45, 2.75) is 6.54 Å². The van der Waals surface area contributed by atoms with Crippen LogP contribution >= 0.6 is 0 Å². The van der Waals surface area contributed by atoms with Gasteiger partial charge in [0.1, 0.15) is 15.6 Å². The van der Waals surface area contributed by atoms with Crippen molar-refractivity contribution in [3.63, 3.8) is 0 Å². The van der Waals surface area contributed by atoms with E-state index in [2.05, 4.69) is 4.72 Å². The Hall–Kier alpha value is -1.12. The zero-order valence-electron chi connectivity index (χ0n) is 9.83. The summed E-state index contributed by atoms with van der Waals surface area (Å²) in [7, 11) is -6.94. The van der Waals surface area contributed by atoms with E-state index in [9.17, 15) is 21.9 Å². The zero-order valence-corrected chi connectivity index (χ0v) is 11.5. The van der Waals surface area contributed by atoms with Crippen LogP contribution in [0.1, 0.15) is 5.56 Å². The summed E-state index contributed by atoms with van der Waals surface area (Å²) >= 11 is 0. The van der Waals surface area contributed by atoms with E-state index >= 15 is 0 Å². The fourth-order valence-corrected chi connectivity index (χ4v) is 3.81. The van der Waals surface area contributed by atoms with E-state index in [1.807, 2.05) is 0 Å². The Labute approximate surface area is 107 Å². The highest BCUT2D eigenvalue weighted by atomic mass is 32.2. The molecule has 1 rings (SSSR count). The average molecular weight is 293 g/mol. The molecule has 0 spiro atoms. The van der Waals surface area contributed by atoms with Gasteiger partial charge in [-0.3, -0.25) is 0 Å². The van der Waals surface area contributed by atoms with Crippen molar-refractivity contribution in [1.82, 2.24) is 4.72 Å². The number of phenols is 1. The van der Waals surface area contributed by atoms with Gasteiger partial charge in [0.15, 0.2) is 0 Å². The molecular weight excluding hydrogens is 278 g/mol. The molecule has 6 nitrogen and oxygen atoms in total. The number of sulfonamides is 1. The van der Waals surface area contributed by atoms with Gasteiger partial charge in [-0.1, -0.05) is 12.1 Å². The minimum Gasteiger partial charge on any atom is -0.508 e. The van der Waals surface area contributed by atoms with Crippen LogP contribution in [-0.4, -0.2) is 39.7 Å². The number of benzene rings is 1. The lowest BCUT2D eigenvalue weighted by atomic mass is 10.2. The van der Waals surface area contributed by atoms with Crippen LogP contribution in [-0.2, 0) is 26.4 Å². The summed E-state index contributed by atoms with van der Waals surface area (Å²) in [6, 6.07) is 6.15. The van der Waals surface area contributed by atoms with Gasteiger partial charge < -0.3 is 5.11 Å². The van der Waals surface area contributed by atoms with Crippen molar-refractivity contribution in [3.8, 4) is 5.75 Å². The molecule has 18 heavy (non-hydrogen) atoms. The van der Waals surface area contributed by atoms with Crippen LogP contribution in [0.3, 0.4) is 0 Å². The summed E-state index contributed by atoms with van der Waals surface area (Å²) in [6.07, 6.45) is 0.984. The number of aromatic hydroxyl groups is 1. The molecule has 0 amide bonds. The lowest BCUT2D eigenvalue weighted by molar-refractivity contribution is 0.474. The first-order valence-electron chi connectivity index (χ1n) is 5.11. The topological polar surface area (TPSA) is 101 Å². The second-order valence-electron chi connectivity index (χ2n) is 3.94.